The largest absolute Gasteiger partial charge is 0.401 e. The molecule has 1 rings (SSSR count). The van der Waals surface area contributed by atoms with Gasteiger partial charge in [0.05, 0.1) is 6.54 Å². The number of benzene rings is 1. The van der Waals surface area contributed by atoms with Crippen LogP contribution in [0.25, 0.3) is 0 Å². The predicted octanol–water partition coefficient (Wildman–Crippen LogP) is 2.12. The Balaban J connectivity index is 2.82. The van der Waals surface area contributed by atoms with Crippen LogP contribution in [0.15, 0.2) is 18.2 Å². The van der Waals surface area contributed by atoms with Crippen molar-refractivity contribution in [3.8, 4) is 0 Å². The molecule has 96 valence electrons. The van der Waals surface area contributed by atoms with Crippen LogP contribution in [-0.4, -0.2) is 19.3 Å². The van der Waals surface area contributed by atoms with E-state index in [1.54, 1.807) is 0 Å². The molecule has 1 aromatic carbocycles. The Labute approximate surface area is 94.6 Å². The van der Waals surface area contributed by atoms with Crippen molar-refractivity contribution in [1.82, 2.24) is 5.32 Å². The molecule has 0 aliphatic carbocycles. The van der Waals surface area contributed by atoms with Crippen LogP contribution < -0.4 is 11.1 Å². The van der Waals surface area contributed by atoms with E-state index < -0.39 is 30.4 Å². The first-order chi connectivity index (χ1) is 7.83. The topological polar surface area (TPSA) is 38.0 Å². The van der Waals surface area contributed by atoms with Crippen molar-refractivity contribution in [2.45, 2.75) is 12.2 Å². The van der Waals surface area contributed by atoms with E-state index in [4.69, 9.17) is 5.73 Å². The van der Waals surface area contributed by atoms with E-state index in [0.29, 0.717) is 0 Å². The van der Waals surface area contributed by atoms with E-state index in [0.717, 1.165) is 18.2 Å². The molecule has 0 saturated carbocycles. The maximum atomic E-state index is 13.3. The summed E-state index contributed by atoms with van der Waals surface area (Å²) >= 11 is 0. The molecule has 0 aliphatic heterocycles. The second-order valence-corrected chi connectivity index (χ2v) is 3.45. The minimum absolute atomic E-state index is 0.211. The Morgan fingerprint density at radius 3 is 2.41 bits per heavy atom. The molecule has 0 heterocycles. The van der Waals surface area contributed by atoms with E-state index in [2.05, 4.69) is 0 Å². The molecule has 0 radical (unpaired) electrons. The summed E-state index contributed by atoms with van der Waals surface area (Å²) in [6.07, 6.45) is -4.43. The highest BCUT2D eigenvalue weighted by Gasteiger charge is 2.28. The smallest absolute Gasteiger partial charge is 0.329 e. The molecule has 17 heavy (non-hydrogen) atoms. The van der Waals surface area contributed by atoms with Crippen molar-refractivity contribution in [3.63, 3.8) is 0 Å². The predicted molar refractivity (Wildman–Crippen MR) is 52.2 cm³/mol. The highest BCUT2D eigenvalue weighted by atomic mass is 19.4. The van der Waals surface area contributed by atoms with Crippen LogP contribution in [0.5, 0.6) is 0 Å². The van der Waals surface area contributed by atoms with E-state index >= 15 is 0 Å². The summed E-state index contributed by atoms with van der Waals surface area (Å²) in [5, 5.41) is 2.04. The molecule has 7 heteroatoms. The lowest BCUT2D eigenvalue weighted by atomic mass is 10.1. The van der Waals surface area contributed by atoms with Gasteiger partial charge in [-0.15, -0.1) is 0 Å². The number of hydrogen-bond donors (Lipinski definition) is 2. The fourth-order valence-corrected chi connectivity index (χ4v) is 1.34. The third-order valence-electron chi connectivity index (χ3n) is 2.12. The van der Waals surface area contributed by atoms with E-state index in [9.17, 15) is 22.0 Å². The van der Waals surface area contributed by atoms with Gasteiger partial charge in [-0.2, -0.15) is 13.2 Å². The SMILES string of the molecule is NCC(NCC(F)(F)F)c1cc(F)ccc1F. The molecule has 0 aromatic heterocycles. The van der Waals surface area contributed by atoms with E-state index in [1.807, 2.05) is 5.32 Å². The summed E-state index contributed by atoms with van der Waals surface area (Å²) in [5.74, 6) is -1.52. The Morgan fingerprint density at radius 2 is 1.88 bits per heavy atom. The van der Waals surface area contributed by atoms with Gasteiger partial charge in [-0.25, -0.2) is 8.78 Å². The van der Waals surface area contributed by atoms with Crippen molar-refractivity contribution < 1.29 is 22.0 Å². The van der Waals surface area contributed by atoms with Crippen molar-refractivity contribution in [2.75, 3.05) is 13.1 Å². The summed E-state index contributed by atoms with van der Waals surface area (Å²) in [6.45, 7) is -1.58. The number of nitrogens with two attached hydrogens (primary N) is 1. The van der Waals surface area contributed by atoms with Gasteiger partial charge >= 0.3 is 6.18 Å². The van der Waals surface area contributed by atoms with E-state index in [-0.39, 0.29) is 12.1 Å². The van der Waals surface area contributed by atoms with Crippen molar-refractivity contribution in [1.29, 1.82) is 0 Å². The maximum Gasteiger partial charge on any atom is 0.401 e. The van der Waals surface area contributed by atoms with Gasteiger partial charge in [-0.3, -0.25) is 0 Å². The maximum absolute atomic E-state index is 13.3. The van der Waals surface area contributed by atoms with Gasteiger partial charge < -0.3 is 11.1 Å². The molecule has 1 atom stereocenters. The van der Waals surface area contributed by atoms with Gasteiger partial charge in [0.15, 0.2) is 0 Å². The van der Waals surface area contributed by atoms with Crippen LogP contribution in [0.2, 0.25) is 0 Å². The highest BCUT2D eigenvalue weighted by Crippen LogP contribution is 2.20. The number of hydrogen-bond acceptors (Lipinski definition) is 2. The van der Waals surface area contributed by atoms with Gasteiger partial charge in [0, 0.05) is 18.2 Å². The first-order valence-electron chi connectivity index (χ1n) is 4.78. The Kier molecular flexibility index (Phi) is 4.41. The summed E-state index contributed by atoms with van der Waals surface area (Å²) in [4.78, 5) is 0. The van der Waals surface area contributed by atoms with Crippen LogP contribution >= 0.6 is 0 Å². The lowest BCUT2D eigenvalue weighted by Crippen LogP contribution is -2.36. The average Bonchev–Trinajstić information content (AvgIpc) is 2.22. The molecule has 0 aliphatic rings. The van der Waals surface area contributed by atoms with Gasteiger partial charge in [-0.1, -0.05) is 0 Å². The van der Waals surface area contributed by atoms with Crippen molar-refractivity contribution in [3.05, 3.63) is 35.4 Å². The van der Waals surface area contributed by atoms with E-state index in [1.165, 1.54) is 0 Å². The number of halogens is 5. The zero-order valence-corrected chi connectivity index (χ0v) is 8.69. The Bertz CT molecular complexity index is 377. The summed E-state index contributed by atoms with van der Waals surface area (Å²) in [7, 11) is 0. The standard InChI is InChI=1S/C10H11F5N2/c11-6-1-2-8(12)7(3-6)9(4-16)17-5-10(13,14)15/h1-3,9,17H,4-5,16H2. The summed E-state index contributed by atoms with van der Waals surface area (Å²) < 4.78 is 62.1. The van der Waals surface area contributed by atoms with Crippen LogP contribution in [0.4, 0.5) is 22.0 Å². The minimum Gasteiger partial charge on any atom is -0.329 e. The third-order valence-corrected chi connectivity index (χ3v) is 2.12. The molecule has 0 amide bonds. The molecule has 0 bridgehead atoms. The lowest BCUT2D eigenvalue weighted by Gasteiger charge is -2.19. The molecular weight excluding hydrogens is 243 g/mol. The van der Waals surface area contributed by atoms with Gasteiger partial charge in [-0.05, 0) is 18.2 Å². The van der Waals surface area contributed by atoms with Crippen LogP contribution in [0.1, 0.15) is 11.6 Å². The Hall–Kier alpha value is -1.21. The van der Waals surface area contributed by atoms with Gasteiger partial charge in [0.2, 0.25) is 0 Å². The third kappa shape index (κ3) is 4.27. The monoisotopic (exact) mass is 254 g/mol. The molecule has 2 nitrogen and oxygen atoms in total. The van der Waals surface area contributed by atoms with Gasteiger partial charge in [0.1, 0.15) is 11.6 Å². The van der Waals surface area contributed by atoms with Crippen LogP contribution in [-0.2, 0) is 0 Å². The van der Waals surface area contributed by atoms with Crippen molar-refractivity contribution in [2.24, 2.45) is 5.73 Å². The zero-order chi connectivity index (χ0) is 13.1. The number of rotatable bonds is 4. The normalized spacial score (nSPS) is 13.8. The Morgan fingerprint density at radius 1 is 1.24 bits per heavy atom. The van der Waals surface area contributed by atoms with Gasteiger partial charge in [0.25, 0.3) is 0 Å². The minimum atomic E-state index is -4.43. The first kappa shape index (κ1) is 13.9. The van der Waals surface area contributed by atoms with Crippen LogP contribution in [0, 0.1) is 11.6 Å². The molecule has 1 aromatic rings. The second kappa shape index (κ2) is 5.42. The molecular formula is C10H11F5N2. The molecule has 1 unspecified atom stereocenters. The summed E-state index contributed by atoms with van der Waals surface area (Å²) in [6, 6.07) is 1.49. The fourth-order valence-electron chi connectivity index (χ4n) is 1.34. The number of alkyl halides is 3. The van der Waals surface area contributed by atoms with Crippen molar-refractivity contribution >= 4 is 0 Å². The molecule has 0 spiro atoms. The summed E-state index contributed by atoms with van der Waals surface area (Å²) in [5.41, 5.74) is 5.02. The van der Waals surface area contributed by atoms with Crippen LogP contribution in [0.3, 0.4) is 0 Å². The highest BCUT2D eigenvalue weighted by molar-refractivity contribution is 5.22. The first-order valence-corrected chi connectivity index (χ1v) is 4.78. The lowest BCUT2D eigenvalue weighted by molar-refractivity contribution is -0.126. The average molecular weight is 254 g/mol. The molecule has 3 N–H and O–H groups in total. The number of nitrogens with one attached hydrogen (secondary N) is 1. The molecule has 0 fully saturated rings. The molecule has 0 saturated heterocycles. The second-order valence-electron chi connectivity index (χ2n) is 3.45. The fraction of sp³-hybridized carbons (Fsp3) is 0.400. The zero-order valence-electron chi connectivity index (χ0n) is 8.69. The quantitative estimate of drug-likeness (QED) is 0.808.